The first kappa shape index (κ1) is 11.6. The fourth-order valence-electron chi connectivity index (χ4n) is 2.54. The molecule has 1 aromatic heterocycles. The van der Waals surface area contributed by atoms with Crippen LogP contribution in [0.1, 0.15) is 19.3 Å². The Morgan fingerprint density at radius 2 is 1.89 bits per heavy atom. The van der Waals surface area contributed by atoms with Crippen molar-refractivity contribution in [2.75, 3.05) is 18.0 Å². The smallest absolute Gasteiger partial charge is 0.126 e. The van der Waals surface area contributed by atoms with Gasteiger partial charge in [0.2, 0.25) is 0 Å². The van der Waals surface area contributed by atoms with Gasteiger partial charge in [-0.3, -0.25) is 4.98 Å². The number of piperidine rings is 1. The molecule has 0 saturated carbocycles. The number of nitrogens with zero attached hydrogens (tertiary/aromatic N) is 2. The zero-order valence-corrected chi connectivity index (χ0v) is 10.8. The van der Waals surface area contributed by atoms with Crippen molar-refractivity contribution in [1.29, 1.82) is 0 Å². The van der Waals surface area contributed by atoms with Gasteiger partial charge in [-0.05, 0) is 37.5 Å². The van der Waals surface area contributed by atoms with Crippen LogP contribution in [0.25, 0.3) is 10.9 Å². The van der Waals surface area contributed by atoms with E-state index in [4.69, 9.17) is 11.6 Å². The second-order valence-electron chi connectivity index (χ2n) is 4.67. The number of benzene rings is 1. The van der Waals surface area contributed by atoms with Crippen molar-refractivity contribution in [1.82, 2.24) is 4.98 Å². The SMILES string of the molecule is Oc1ccnc2c(Cl)c(N3CCCCC3)ccc12. The van der Waals surface area contributed by atoms with E-state index < -0.39 is 0 Å². The molecule has 1 aromatic carbocycles. The number of hydrogen-bond acceptors (Lipinski definition) is 3. The van der Waals surface area contributed by atoms with Gasteiger partial charge in [0.15, 0.2) is 0 Å². The molecule has 3 rings (SSSR count). The van der Waals surface area contributed by atoms with E-state index in [1.807, 2.05) is 12.1 Å². The first-order valence-corrected chi connectivity index (χ1v) is 6.66. The van der Waals surface area contributed by atoms with Crippen LogP contribution in [0.4, 0.5) is 5.69 Å². The summed E-state index contributed by atoms with van der Waals surface area (Å²) in [7, 11) is 0. The third-order valence-electron chi connectivity index (χ3n) is 3.50. The lowest BCUT2D eigenvalue weighted by atomic mass is 10.1. The van der Waals surface area contributed by atoms with Crippen LogP contribution in [0.5, 0.6) is 5.75 Å². The molecule has 94 valence electrons. The Hall–Kier alpha value is -1.48. The second kappa shape index (κ2) is 4.65. The van der Waals surface area contributed by atoms with Crippen LogP contribution < -0.4 is 4.90 Å². The zero-order valence-electron chi connectivity index (χ0n) is 10.1. The number of anilines is 1. The van der Waals surface area contributed by atoms with E-state index in [9.17, 15) is 5.11 Å². The van der Waals surface area contributed by atoms with Crippen LogP contribution in [-0.2, 0) is 0 Å². The maximum atomic E-state index is 9.78. The van der Waals surface area contributed by atoms with Crippen LogP contribution >= 0.6 is 11.6 Å². The minimum atomic E-state index is 0.229. The van der Waals surface area contributed by atoms with E-state index >= 15 is 0 Å². The Kier molecular flexibility index (Phi) is 3.00. The number of pyridine rings is 1. The lowest BCUT2D eigenvalue weighted by molar-refractivity contribution is 0.481. The maximum absolute atomic E-state index is 9.78. The molecule has 0 unspecified atom stereocenters. The van der Waals surface area contributed by atoms with Gasteiger partial charge in [0.05, 0.1) is 16.2 Å². The minimum Gasteiger partial charge on any atom is -0.507 e. The van der Waals surface area contributed by atoms with Gasteiger partial charge in [0, 0.05) is 24.7 Å². The summed E-state index contributed by atoms with van der Waals surface area (Å²) in [6.45, 7) is 2.09. The summed E-state index contributed by atoms with van der Waals surface area (Å²) in [5, 5.41) is 11.1. The van der Waals surface area contributed by atoms with Crippen molar-refractivity contribution in [2.24, 2.45) is 0 Å². The molecule has 1 aliphatic rings. The summed E-state index contributed by atoms with van der Waals surface area (Å²) in [5.41, 5.74) is 1.71. The van der Waals surface area contributed by atoms with Crippen molar-refractivity contribution in [3.63, 3.8) is 0 Å². The molecule has 2 aromatic rings. The van der Waals surface area contributed by atoms with E-state index in [0.29, 0.717) is 15.9 Å². The van der Waals surface area contributed by atoms with E-state index in [1.54, 1.807) is 12.3 Å². The highest BCUT2D eigenvalue weighted by Crippen LogP contribution is 2.36. The molecule has 18 heavy (non-hydrogen) atoms. The molecule has 0 spiro atoms. The van der Waals surface area contributed by atoms with E-state index in [1.165, 1.54) is 19.3 Å². The third kappa shape index (κ3) is 1.89. The van der Waals surface area contributed by atoms with Crippen LogP contribution in [0, 0.1) is 0 Å². The number of rotatable bonds is 1. The van der Waals surface area contributed by atoms with Gasteiger partial charge in [-0.1, -0.05) is 11.6 Å². The highest BCUT2D eigenvalue weighted by atomic mass is 35.5. The summed E-state index contributed by atoms with van der Waals surface area (Å²) in [6, 6.07) is 5.46. The highest BCUT2D eigenvalue weighted by molar-refractivity contribution is 6.38. The van der Waals surface area contributed by atoms with Gasteiger partial charge in [-0.2, -0.15) is 0 Å². The number of halogens is 1. The Bertz CT molecular complexity index is 579. The predicted molar refractivity (Wildman–Crippen MR) is 74.5 cm³/mol. The molecule has 3 nitrogen and oxygen atoms in total. The van der Waals surface area contributed by atoms with Crippen molar-refractivity contribution in [2.45, 2.75) is 19.3 Å². The van der Waals surface area contributed by atoms with Crippen LogP contribution in [0.2, 0.25) is 5.02 Å². The predicted octanol–water partition coefficient (Wildman–Crippen LogP) is 3.58. The normalized spacial score (nSPS) is 16.2. The Labute approximate surface area is 111 Å². The van der Waals surface area contributed by atoms with Gasteiger partial charge in [0.25, 0.3) is 0 Å². The van der Waals surface area contributed by atoms with Crippen molar-refractivity contribution >= 4 is 28.2 Å². The quantitative estimate of drug-likeness (QED) is 0.853. The fourth-order valence-corrected chi connectivity index (χ4v) is 2.87. The van der Waals surface area contributed by atoms with Crippen LogP contribution in [0.15, 0.2) is 24.4 Å². The van der Waals surface area contributed by atoms with E-state index in [-0.39, 0.29) is 5.75 Å². The molecule has 1 N–H and O–H groups in total. The number of hydrogen-bond donors (Lipinski definition) is 1. The molecular weight excluding hydrogens is 248 g/mol. The third-order valence-corrected chi connectivity index (χ3v) is 3.88. The minimum absolute atomic E-state index is 0.229. The molecule has 0 atom stereocenters. The summed E-state index contributed by atoms with van der Waals surface area (Å²) in [4.78, 5) is 6.58. The molecule has 0 bridgehead atoms. The van der Waals surface area contributed by atoms with Gasteiger partial charge in [-0.15, -0.1) is 0 Å². The molecule has 0 aliphatic carbocycles. The summed E-state index contributed by atoms with van der Waals surface area (Å²) in [6.07, 6.45) is 5.30. The first-order valence-electron chi connectivity index (χ1n) is 6.28. The summed E-state index contributed by atoms with van der Waals surface area (Å²) in [5.74, 6) is 0.229. The first-order chi connectivity index (χ1) is 8.77. The van der Waals surface area contributed by atoms with Crippen molar-refractivity contribution < 1.29 is 5.11 Å². The average Bonchev–Trinajstić information content (AvgIpc) is 2.41. The summed E-state index contributed by atoms with van der Waals surface area (Å²) < 4.78 is 0. The molecule has 1 saturated heterocycles. The van der Waals surface area contributed by atoms with Gasteiger partial charge >= 0.3 is 0 Å². The van der Waals surface area contributed by atoms with Crippen LogP contribution in [-0.4, -0.2) is 23.2 Å². The fraction of sp³-hybridized carbons (Fsp3) is 0.357. The number of fused-ring (bicyclic) bond motifs is 1. The van der Waals surface area contributed by atoms with Gasteiger partial charge in [-0.25, -0.2) is 0 Å². The van der Waals surface area contributed by atoms with Gasteiger partial charge in [0.1, 0.15) is 5.75 Å². The van der Waals surface area contributed by atoms with Crippen molar-refractivity contribution in [3.8, 4) is 5.75 Å². The largest absolute Gasteiger partial charge is 0.507 e. The monoisotopic (exact) mass is 262 g/mol. The van der Waals surface area contributed by atoms with E-state index in [0.717, 1.165) is 18.8 Å². The Balaban J connectivity index is 2.11. The molecule has 1 aliphatic heterocycles. The van der Waals surface area contributed by atoms with Gasteiger partial charge < -0.3 is 10.0 Å². The number of aromatic nitrogens is 1. The molecule has 0 radical (unpaired) electrons. The second-order valence-corrected chi connectivity index (χ2v) is 5.05. The van der Waals surface area contributed by atoms with Crippen LogP contribution in [0.3, 0.4) is 0 Å². The zero-order chi connectivity index (χ0) is 12.5. The topological polar surface area (TPSA) is 36.4 Å². The Morgan fingerprint density at radius 1 is 1.11 bits per heavy atom. The molecule has 0 amide bonds. The molecule has 1 fully saturated rings. The Morgan fingerprint density at radius 3 is 2.67 bits per heavy atom. The number of aromatic hydroxyl groups is 1. The molecule has 4 heteroatoms. The average molecular weight is 263 g/mol. The highest BCUT2D eigenvalue weighted by Gasteiger charge is 2.16. The maximum Gasteiger partial charge on any atom is 0.126 e. The molecular formula is C14H15ClN2O. The van der Waals surface area contributed by atoms with E-state index in [2.05, 4.69) is 9.88 Å². The standard InChI is InChI=1S/C14H15ClN2O/c15-13-11(17-8-2-1-3-9-17)5-4-10-12(18)6-7-16-14(10)13/h4-7H,1-3,8-9H2,(H,16,18). The molecule has 2 heterocycles. The lowest BCUT2D eigenvalue weighted by Crippen LogP contribution is -2.29. The summed E-state index contributed by atoms with van der Waals surface area (Å²) >= 11 is 6.43. The lowest BCUT2D eigenvalue weighted by Gasteiger charge is -2.29. The van der Waals surface area contributed by atoms with Crippen molar-refractivity contribution in [3.05, 3.63) is 29.4 Å².